The summed E-state index contributed by atoms with van der Waals surface area (Å²) in [7, 11) is 0. The van der Waals surface area contributed by atoms with Crippen LogP contribution in [0.1, 0.15) is 25.3 Å². The van der Waals surface area contributed by atoms with Crippen LogP contribution in [0, 0.1) is 0 Å². The van der Waals surface area contributed by atoms with Crippen LogP contribution in [-0.2, 0) is 0 Å². The fraction of sp³-hybridized carbons (Fsp3) is 0.188. The molecule has 20 heavy (non-hydrogen) atoms. The second-order valence-electron chi connectivity index (χ2n) is 5.00. The van der Waals surface area contributed by atoms with Gasteiger partial charge in [0.15, 0.2) is 11.6 Å². The Hall–Kier alpha value is -2.49. The normalized spacial score (nSPS) is 10.9. The second kappa shape index (κ2) is 5.25. The molecule has 0 bridgehead atoms. The van der Waals surface area contributed by atoms with Crippen LogP contribution < -0.4 is 0 Å². The monoisotopic (exact) mass is 264 g/mol. The van der Waals surface area contributed by atoms with Gasteiger partial charge in [0, 0.05) is 11.8 Å². The first-order valence-corrected chi connectivity index (χ1v) is 6.68. The van der Waals surface area contributed by atoms with Crippen LogP contribution in [0.15, 0.2) is 48.7 Å². The zero-order chi connectivity index (χ0) is 13.9. The van der Waals surface area contributed by atoms with Gasteiger partial charge in [-0.25, -0.2) is 4.98 Å². The Bertz CT molecular complexity index is 684. The average Bonchev–Trinajstić information content (AvgIpc) is 2.98. The number of rotatable bonds is 3. The summed E-state index contributed by atoms with van der Waals surface area (Å²) in [6.07, 6.45) is 1.74. The molecule has 2 aromatic heterocycles. The molecular formula is C16H16N4. The molecule has 0 spiro atoms. The number of nitrogens with one attached hydrogen (secondary N) is 1. The summed E-state index contributed by atoms with van der Waals surface area (Å²) < 4.78 is 0. The molecule has 0 unspecified atom stereocenters. The lowest BCUT2D eigenvalue weighted by atomic mass is 10.0. The molecule has 2 heterocycles. The van der Waals surface area contributed by atoms with Gasteiger partial charge >= 0.3 is 0 Å². The van der Waals surface area contributed by atoms with E-state index in [-0.39, 0.29) is 0 Å². The van der Waals surface area contributed by atoms with Gasteiger partial charge in [-0.15, -0.1) is 0 Å². The van der Waals surface area contributed by atoms with Crippen LogP contribution in [0.3, 0.4) is 0 Å². The van der Waals surface area contributed by atoms with Crippen molar-refractivity contribution in [3.63, 3.8) is 0 Å². The predicted octanol–water partition coefficient (Wildman–Crippen LogP) is 3.66. The molecule has 3 rings (SSSR count). The quantitative estimate of drug-likeness (QED) is 0.785. The number of pyridine rings is 1. The third kappa shape index (κ3) is 2.45. The van der Waals surface area contributed by atoms with Crippen molar-refractivity contribution >= 4 is 0 Å². The molecule has 0 aliphatic carbocycles. The summed E-state index contributed by atoms with van der Waals surface area (Å²) in [4.78, 5) is 8.76. The van der Waals surface area contributed by atoms with Gasteiger partial charge in [-0.3, -0.25) is 10.1 Å². The van der Waals surface area contributed by atoms with Gasteiger partial charge in [-0.05, 0) is 23.6 Å². The standard InChI is InChI=1S/C16H16N4/c1-11(2)12-6-8-13(9-7-12)15-18-16(20-19-15)14-5-3-4-10-17-14/h3-11H,1-2H3,(H,18,19,20). The molecule has 0 saturated carbocycles. The van der Waals surface area contributed by atoms with Crippen molar-refractivity contribution in [2.24, 2.45) is 0 Å². The first kappa shape index (κ1) is 12.5. The number of benzene rings is 1. The third-order valence-electron chi connectivity index (χ3n) is 3.23. The van der Waals surface area contributed by atoms with Gasteiger partial charge in [-0.2, -0.15) is 5.10 Å². The maximum absolute atomic E-state index is 4.50. The Morgan fingerprint density at radius 3 is 2.45 bits per heavy atom. The summed E-state index contributed by atoms with van der Waals surface area (Å²) in [5.74, 6) is 1.91. The van der Waals surface area contributed by atoms with Crippen molar-refractivity contribution in [1.29, 1.82) is 0 Å². The Kier molecular flexibility index (Phi) is 3.29. The highest BCUT2D eigenvalue weighted by atomic mass is 15.2. The summed E-state index contributed by atoms with van der Waals surface area (Å²) in [5, 5.41) is 7.20. The molecule has 0 fully saturated rings. The maximum atomic E-state index is 4.50. The van der Waals surface area contributed by atoms with E-state index in [1.165, 1.54) is 5.56 Å². The van der Waals surface area contributed by atoms with Gasteiger partial charge in [0.2, 0.25) is 0 Å². The lowest BCUT2D eigenvalue weighted by Gasteiger charge is -2.04. The van der Waals surface area contributed by atoms with E-state index in [1.54, 1.807) is 6.20 Å². The molecule has 100 valence electrons. The number of aromatic nitrogens is 4. The van der Waals surface area contributed by atoms with Gasteiger partial charge in [-0.1, -0.05) is 44.2 Å². The first-order valence-electron chi connectivity index (χ1n) is 6.68. The van der Waals surface area contributed by atoms with Crippen LogP contribution in [0.4, 0.5) is 0 Å². The fourth-order valence-corrected chi connectivity index (χ4v) is 2.03. The third-order valence-corrected chi connectivity index (χ3v) is 3.23. The van der Waals surface area contributed by atoms with Gasteiger partial charge < -0.3 is 0 Å². The zero-order valence-electron chi connectivity index (χ0n) is 11.5. The molecule has 0 aliphatic heterocycles. The van der Waals surface area contributed by atoms with Crippen LogP contribution in [-0.4, -0.2) is 20.2 Å². The molecule has 1 N–H and O–H groups in total. The van der Waals surface area contributed by atoms with Gasteiger partial charge in [0.25, 0.3) is 0 Å². The highest BCUT2D eigenvalue weighted by Crippen LogP contribution is 2.21. The van der Waals surface area contributed by atoms with Crippen molar-refractivity contribution in [2.45, 2.75) is 19.8 Å². The Morgan fingerprint density at radius 1 is 1.00 bits per heavy atom. The summed E-state index contributed by atoms with van der Waals surface area (Å²) in [5.41, 5.74) is 3.12. The smallest absolute Gasteiger partial charge is 0.181 e. The van der Waals surface area contributed by atoms with E-state index in [1.807, 2.05) is 18.2 Å². The fourth-order valence-electron chi connectivity index (χ4n) is 2.03. The number of hydrogen-bond donors (Lipinski definition) is 1. The second-order valence-corrected chi connectivity index (χ2v) is 5.00. The molecule has 0 radical (unpaired) electrons. The van der Waals surface area contributed by atoms with E-state index in [9.17, 15) is 0 Å². The van der Waals surface area contributed by atoms with E-state index >= 15 is 0 Å². The van der Waals surface area contributed by atoms with E-state index in [4.69, 9.17) is 0 Å². The average molecular weight is 264 g/mol. The topological polar surface area (TPSA) is 54.5 Å². The Morgan fingerprint density at radius 2 is 1.80 bits per heavy atom. The summed E-state index contributed by atoms with van der Waals surface area (Å²) in [6.45, 7) is 4.36. The molecule has 1 aromatic carbocycles. The predicted molar refractivity (Wildman–Crippen MR) is 79.1 cm³/mol. The molecule has 3 aromatic rings. The van der Waals surface area contributed by atoms with Gasteiger partial charge in [0.05, 0.1) is 0 Å². The molecule has 0 atom stereocenters. The van der Waals surface area contributed by atoms with Crippen molar-refractivity contribution in [3.05, 3.63) is 54.2 Å². The van der Waals surface area contributed by atoms with E-state index in [0.29, 0.717) is 17.6 Å². The Labute approximate surface area is 117 Å². The minimum Gasteiger partial charge on any atom is -0.257 e. The molecular weight excluding hydrogens is 248 g/mol. The lowest BCUT2D eigenvalue weighted by Crippen LogP contribution is -1.87. The Balaban J connectivity index is 1.90. The van der Waals surface area contributed by atoms with Crippen molar-refractivity contribution in [2.75, 3.05) is 0 Å². The SMILES string of the molecule is CC(C)c1ccc(-c2n[nH]c(-c3ccccn3)n2)cc1. The van der Waals surface area contributed by atoms with Crippen LogP contribution in [0.25, 0.3) is 22.9 Å². The molecule has 4 nitrogen and oxygen atoms in total. The van der Waals surface area contributed by atoms with Crippen LogP contribution in [0.5, 0.6) is 0 Å². The minimum absolute atomic E-state index is 0.528. The lowest BCUT2D eigenvalue weighted by molar-refractivity contribution is 0.867. The van der Waals surface area contributed by atoms with Crippen molar-refractivity contribution in [3.8, 4) is 22.9 Å². The summed E-state index contributed by atoms with van der Waals surface area (Å²) >= 11 is 0. The van der Waals surface area contributed by atoms with E-state index in [0.717, 1.165) is 11.3 Å². The number of H-pyrrole nitrogens is 1. The first-order chi connectivity index (χ1) is 9.74. The molecule has 0 aliphatic rings. The molecule has 0 amide bonds. The summed E-state index contributed by atoms with van der Waals surface area (Å²) in [6, 6.07) is 14.1. The maximum Gasteiger partial charge on any atom is 0.181 e. The highest BCUT2D eigenvalue weighted by Gasteiger charge is 2.08. The molecule has 4 heteroatoms. The van der Waals surface area contributed by atoms with E-state index in [2.05, 4.69) is 58.3 Å². The van der Waals surface area contributed by atoms with Crippen LogP contribution >= 0.6 is 0 Å². The van der Waals surface area contributed by atoms with Crippen molar-refractivity contribution < 1.29 is 0 Å². The largest absolute Gasteiger partial charge is 0.257 e. The van der Waals surface area contributed by atoms with Gasteiger partial charge in [0.1, 0.15) is 5.69 Å². The zero-order valence-corrected chi connectivity index (χ0v) is 11.5. The minimum atomic E-state index is 0.528. The number of nitrogens with zero attached hydrogens (tertiary/aromatic N) is 3. The number of aromatic amines is 1. The van der Waals surface area contributed by atoms with Crippen molar-refractivity contribution in [1.82, 2.24) is 20.2 Å². The number of hydrogen-bond acceptors (Lipinski definition) is 3. The molecule has 0 saturated heterocycles. The highest BCUT2D eigenvalue weighted by molar-refractivity contribution is 5.59. The van der Waals surface area contributed by atoms with E-state index < -0.39 is 0 Å². The van der Waals surface area contributed by atoms with Crippen LogP contribution in [0.2, 0.25) is 0 Å².